The largest absolute Gasteiger partial charge is 0.368 e. The molecule has 3 aromatic rings. The molecule has 1 aliphatic heterocycles. The summed E-state index contributed by atoms with van der Waals surface area (Å²) in [6.07, 6.45) is 5.77. The summed E-state index contributed by atoms with van der Waals surface area (Å²) in [4.78, 5) is 33.2. The Balaban J connectivity index is 1.46. The van der Waals surface area contributed by atoms with E-state index in [1.165, 1.54) is 5.56 Å². The second-order valence-electron chi connectivity index (χ2n) is 8.31. The monoisotopic (exact) mass is 388 g/mol. The molecule has 2 aliphatic rings. The molecule has 1 aromatic carbocycles. The average Bonchev–Trinajstić information content (AvgIpc) is 3.05. The zero-order chi connectivity index (χ0) is 20.2. The fourth-order valence-corrected chi connectivity index (χ4v) is 4.80. The van der Waals surface area contributed by atoms with Crippen LogP contribution in [0.4, 0.5) is 5.95 Å². The number of amides is 1. The maximum atomic E-state index is 13.3. The summed E-state index contributed by atoms with van der Waals surface area (Å²) in [5.74, 6) is 0.355. The molecule has 2 N–H and O–H groups in total. The highest BCUT2D eigenvalue weighted by Gasteiger charge is 2.44. The smallest absolute Gasteiger partial charge is 0.253 e. The summed E-state index contributed by atoms with van der Waals surface area (Å²) in [7, 11) is 0. The molecule has 0 saturated carbocycles. The molecule has 7 nitrogen and oxygen atoms in total. The summed E-state index contributed by atoms with van der Waals surface area (Å²) in [5.41, 5.74) is 12.0. The third kappa shape index (κ3) is 2.92. The Labute approximate surface area is 169 Å². The van der Waals surface area contributed by atoms with Gasteiger partial charge in [-0.1, -0.05) is 0 Å². The molecule has 7 heteroatoms. The van der Waals surface area contributed by atoms with Crippen LogP contribution in [0.2, 0.25) is 0 Å². The Hall–Kier alpha value is -3.09. The molecule has 29 heavy (non-hydrogen) atoms. The predicted octanol–water partition coefficient (Wildman–Crippen LogP) is 2.74. The van der Waals surface area contributed by atoms with E-state index < -0.39 is 0 Å². The molecule has 1 fully saturated rings. The highest BCUT2D eigenvalue weighted by molar-refractivity contribution is 5.97. The van der Waals surface area contributed by atoms with Crippen LogP contribution in [0.25, 0.3) is 11.0 Å². The van der Waals surface area contributed by atoms with Crippen molar-refractivity contribution in [3.63, 3.8) is 0 Å². The summed E-state index contributed by atoms with van der Waals surface area (Å²) in [5, 5.41) is 0. The van der Waals surface area contributed by atoms with Crippen LogP contribution in [-0.4, -0.2) is 43.8 Å². The first-order chi connectivity index (χ1) is 13.9. The first-order valence-electron chi connectivity index (χ1n) is 10.1. The maximum absolute atomic E-state index is 13.3. The van der Waals surface area contributed by atoms with Crippen LogP contribution in [0, 0.1) is 13.8 Å². The maximum Gasteiger partial charge on any atom is 0.253 e. The van der Waals surface area contributed by atoms with Gasteiger partial charge in [0.25, 0.3) is 5.91 Å². The molecule has 3 heterocycles. The van der Waals surface area contributed by atoms with E-state index in [-0.39, 0.29) is 11.3 Å². The Kier molecular flexibility index (Phi) is 4.01. The van der Waals surface area contributed by atoms with Crippen LogP contribution >= 0.6 is 0 Å². The fraction of sp³-hybridized carbons (Fsp3) is 0.409. The minimum atomic E-state index is -0.106. The minimum absolute atomic E-state index is 0.0430. The van der Waals surface area contributed by atoms with Crippen LogP contribution in [-0.2, 0) is 11.8 Å². The molecule has 1 atom stereocenters. The van der Waals surface area contributed by atoms with Gasteiger partial charge in [0.1, 0.15) is 0 Å². The van der Waals surface area contributed by atoms with E-state index in [4.69, 9.17) is 5.73 Å². The number of fused-ring (bicyclic) bond motifs is 3. The Bertz CT molecular complexity index is 1140. The lowest BCUT2D eigenvalue weighted by Crippen LogP contribution is -2.48. The highest BCUT2D eigenvalue weighted by atomic mass is 16.2. The third-order valence-electron chi connectivity index (χ3n) is 6.44. The number of carbonyl (C=O) groups excluding carboxylic acids is 1. The van der Waals surface area contributed by atoms with Crippen molar-refractivity contribution in [2.45, 2.75) is 44.9 Å². The van der Waals surface area contributed by atoms with Gasteiger partial charge in [-0.15, -0.1) is 0 Å². The van der Waals surface area contributed by atoms with Gasteiger partial charge in [0.15, 0.2) is 0 Å². The molecule has 2 aromatic heterocycles. The predicted molar refractivity (Wildman–Crippen MR) is 111 cm³/mol. The molecule has 1 aliphatic carbocycles. The molecule has 1 unspecified atom stereocenters. The van der Waals surface area contributed by atoms with Gasteiger partial charge in [0, 0.05) is 30.3 Å². The number of nitrogens with two attached hydrogens (primary N) is 1. The van der Waals surface area contributed by atoms with E-state index in [2.05, 4.69) is 19.9 Å². The van der Waals surface area contributed by atoms with Gasteiger partial charge in [-0.05, 0) is 63.3 Å². The Morgan fingerprint density at radius 1 is 1.10 bits per heavy atom. The number of likely N-dealkylation sites (tertiary alicyclic amines) is 1. The summed E-state index contributed by atoms with van der Waals surface area (Å²) in [6, 6.07) is 5.61. The molecular formula is C22H24N6O. The molecular weight excluding hydrogens is 364 g/mol. The summed E-state index contributed by atoms with van der Waals surface area (Å²) < 4.78 is 0. The average molecular weight is 388 g/mol. The zero-order valence-electron chi connectivity index (χ0n) is 16.8. The van der Waals surface area contributed by atoms with Crippen molar-refractivity contribution in [2.75, 3.05) is 18.8 Å². The van der Waals surface area contributed by atoms with Gasteiger partial charge in [-0.3, -0.25) is 4.79 Å². The van der Waals surface area contributed by atoms with Crippen LogP contribution in [0.3, 0.4) is 0 Å². The fourth-order valence-electron chi connectivity index (χ4n) is 4.80. The van der Waals surface area contributed by atoms with Crippen molar-refractivity contribution >= 4 is 22.9 Å². The first-order valence-corrected chi connectivity index (χ1v) is 10.1. The van der Waals surface area contributed by atoms with E-state index in [9.17, 15) is 4.79 Å². The van der Waals surface area contributed by atoms with Gasteiger partial charge >= 0.3 is 0 Å². The number of piperidine rings is 1. The molecule has 1 spiro atoms. The molecule has 1 amide bonds. The summed E-state index contributed by atoms with van der Waals surface area (Å²) >= 11 is 0. The van der Waals surface area contributed by atoms with Crippen molar-refractivity contribution in [3.8, 4) is 0 Å². The second-order valence-corrected chi connectivity index (χ2v) is 8.31. The molecule has 1 saturated heterocycles. The van der Waals surface area contributed by atoms with E-state index in [0.717, 1.165) is 60.3 Å². The van der Waals surface area contributed by atoms with Gasteiger partial charge in [0.05, 0.1) is 28.1 Å². The number of anilines is 1. The number of carbonyl (C=O) groups is 1. The Morgan fingerprint density at radius 2 is 1.90 bits per heavy atom. The topological polar surface area (TPSA) is 97.9 Å². The molecule has 0 bridgehead atoms. The van der Waals surface area contributed by atoms with E-state index >= 15 is 0 Å². The van der Waals surface area contributed by atoms with Crippen molar-refractivity contribution in [1.29, 1.82) is 0 Å². The number of hydrogen-bond donors (Lipinski definition) is 1. The third-order valence-corrected chi connectivity index (χ3v) is 6.44. The SMILES string of the molecule is Cc1nc2ccc(C(=O)N3CCCC4(CCc5cnc(N)nc54)C3)cc2nc1C. The minimum Gasteiger partial charge on any atom is -0.368 e. The van der Waals surface area contributed by atoms with Gasteiger partial charge in [0.2, 0.25) is 5.95 Å². The van der Waals surface area contributed by atoms with Crippen LogP contribution < -0.4 is 5.73 Å². The van der Waals surface area contributed by atoms with Crippen molar-refractivity contribution in [1.82, 2.24) is 24.8 Å². The quantitative estimate of drug-likeness (QED) is 0.688. The normalized spacial score (nSPS) is 21.0. The standard InChI is InChI=1S/C22H24N6O/c1-13-14(2)26-18-10-15(4-5-17(18)25-13)20(29)28-9-3-7-22(12-28)8-6-16-11-24-21(23)27-19(16)22/h4-5,10-11H,3,6-9,12H2,1-2H3,(H2,23,24,27). The number of rotatable bonds is 1. The summed E-state index contributed by atoms with van der Waals surface area (Å²) in [6.45, 7) is 5.32. The number of aromatic nitrogens is 4. The van der Waals surface area contributed by atoms with Crippen molar-refractivity contribution in [3.05, 3.63) is 52.6 Å². The van der Waals surface area contributed by atoms with Gasteiger partial charge in [-0.25, -0.2) is 19.9 Å². The van der Waals surface area contributed by atoms with Crippen molar-refractivity contribution in [2.24, 2.45) is 0 Å². The van der Waals surface area contributed by atoms with E-state index in [1.807, 2.05) is 43.1 Å². The molecule has 148 valence electrons. The lowest BCUT2D eigenvalue weighted by molar-refractivity contribution is 0.0633. The lowest BCUT2D eigenvalue weighted by atomic mass is 9.77. The number of benzene rings is 1. The van der Waals surface area contributed by atoms with Gasteiger partial charge in [-0.2, -0.15) is 0 Å². The second kappa shape index (κ2) is 6.47. The number of aryl methyl sites for hydroxylation is 3. The highest BCUT2D eigenvalue weighted by Crippen LogP contribution is 2.44. The number of hydrogen-bond acceptors (Lipinski definition) is 6. The van der Waals surface area contributed by atoms with Gasteiger partial charge < -0.3 is 10.6 Å². The molecule has 0 radical (unpaired) electrons. The zero-order valence-corrected chi connectivity index (χ0v) is 16.8. The van der Waals surface area contributed by atoms with Crippen LogP contribution in [0.1, 0.15) is 52.3 Å². The Morgan fingerprint density at radius 3 is 2.72 bits per heavy atom. The van der Waals surface area contributed by atoms with Crippen LogP contribution in [0.5, 0.6) is 0 Å². The molecule has 5 rings (SSSR count). The van der Waals surface area contributed by atoms with Crippen molar-refractivity contribution < 1.29 is 4.79 Å². The first kappa shape index (κ1) is 18.0. The van der Waals surface area contributed by atoms with Crippen LogP contribution in [0.15, 0.2) is 24.4 Å². The lowest BCUT2D eigenvalue weighted by Gasteiger charge is -2.40. The number of nitrogens with zero attached hydrogens (tertiary/aromatic N) is 5. The number of nitrogen functional groups attached to an aromatic ring is 1. The van der Waals surface area contributed by atoms with E-state index in [1.54, 1.807) is 0 Å². The van der Waals surface area contributed by atoms with E-state index in [0.29, 0.717) is 18.1 Å².